The van der Waals surface area contributed by atoms with E-state index in [1.165, 1.54) is 11.1 Å². The molecule has 0 atom stereocenters. The summed E-state index contributed by atoms with van der Waals surface area (Å²) in [5.74, 6) is 0.687. The van der Waals surface area contributed by atoms with E-state index in [4.69, 9.17) is 0 Å². The summed E-state index contributed by atoms with van der Waals surface area (Å²) in [6, 6.07) is 16.8. The first-order chi connectivity index (χ1) is 9.36. The summed E-state index contributed by atoms with van der Waals surface area (Å²) in [4.78, 5) is 0. The maximum atomic E-state index is 3.93. The first kappa shape index (κ1) is 11.6. The highest BCUT2D eigenvalue weighted by Gasteiger charge is 2.04. The van der Waals surface area contributed by atoms with Crippen molar-refractivity contribution in [3.05, 3.63) is 54.1 Å². The van der Waals surface area contributed by atoms with Crippen LogP contribution in [0.25, 0.3) is 22.5 Å². The summed E-state index contributed by atoms with van der Waals surface area (Å²) >= 11 is 0. The molecular weight excluding hydrogens is 236 g/mol. The number of aromatic amines is 1. The fourth-order valence-corrected chi connectivity index (χ4v) is 2.06. The molecular formula is C15H14N4. The summed E-state index contributed by atoms with van der Waals surface area (Å²) in [5, 5.41) is 13.9. The number of aryl methyl sites for hydroxylation is 1. The monoisotopic (exact) mass is 250 g/mol. The molecule has 0 spiro atoms. The molecule has 4 nitrogen and oxygen atoms in total. The van der Waals surface area contributed by atoms with Crippen LogP contribution in [0.3, 0.4) is 0 Å². The topological polar surface area (TPSA) is 54.5 Å². The van der Waals surface area contributed by atoms with Crippen LogP contribution in [0, 0.1) is 0 Å². The zero-order valence-corrected chi connectivity index (χ0v) is 10.7. The van der Waals surface area contributed by atoms with Crippen molar-refractivity contribution in [2.75, 3.05) is 0 Å². The first-order valence-electron chi connectivity index (χ1n) is 6.30. The molecule has 0 radical (unpaired) electrons. The van der Waals surface area contributed by atoms with Crippen LogP contribution in [0.4, 0.5) is 0 Å². The highest BCUT2D eigenvalue weighted by atomic mass is 15.5. The summed E-state index contributed by atoms with van der Waals surface area (Å²) < 4.78 is 0. The number of nitrogens with one attached hydrogen (secondary N) is 1. The number of benzene rings is 2. The van der Waals surface area contributed by atoms with E-state index in [0.717, 1.165) is 17.5 Å². The number of tetrazole rings is 1. The molecule has 4 heteroatoms. The molecule has 1 aromatic heterocycles. The fourth-order valence-electron chi connectivity index (χ4n) is 2.06. The molecule has 94 valence electrons. The van der Waals surface area contributed by atoms with Gasteiger partial charge in [-0.2, -0.15) is 0 Å². The Bertz CT molecular complexity index is 657. The molecule has 0 saturated carbocycles. The van der Waals surface area contributed by atoms with E-state index < -0.39 is 0 Å². The molecule has 1 N–H and O–H groups in total. The van der Waals surface area contributed by atoms with E-state index in [1.807, 2.05) is 12.1 Å². The second-order valence-corrected chi connectivity index (χ2v) is 4.38. The Kier molecular flexibility index (Phi) is 3.06. The van der Waals surface area contributed by atoms with E-state index in [2.05, 4.69) is 63.9 Å². The lowest BCUT2D eigenvalue weighted by Gasteiger charge is -2.04. The van der Waals surface area contributed by atoms with Crippen molar-refractivity contribution in [1.29, 1.82) is 0 Å². The van der Waals surface area contributed by atoms with Gasteiger partial charge in [0.1, 0.15) is 0 Å². The van der Waals surface area contributed by atoms with Crippen molar-refractivity contribution >= 4 is 0 Å². The number of aromatic nitrogens is 4. The third-order valence-electron chi connectivity index (χ3n) is 3.18. The van der Waals surface area contributed by atoms with Gasteiger partial charge < -0.3 is 0 Å². The number of hydrogen-bond donors (Lipinski definition) is 1. The van der Waals surface area contributed by atoms with Gasteiger partial charge in [0.2, 0.25) is 0 Å². The molecule has 0 aliphatic heterocycles. The van der Waals surface area contributed by atoms with Crippen LogP contribution in [0.1, 0.15) is 12.5 Å². The van der Waals surface area contributed by atoms with Crippen LogP contribution in [-0.2, 0) is 6.42 Å². The van der Waals surface area contributed by atoms with Crippen molar-refractivity contribution in [3.63, 3.8) is 0 Å². The number of rotatable bonds is 3. The minimum atomic E-state index is 0.687. The summed E-state index contributed by atoms with van der Waals surface area (Å²) in [5.41, 5.74) is 4.70. The maximum Gasteiger partial charge on any atom is 0.179 e. The Morgan fingerprint density at radius 2 is 1.74 bits per heavy atom. The predicted octanol–water partition coefficient (Wildman–Crippen LogP) is 3.10. The van der Waals surface area contributed by atoms with Crippen molar-refractivity contribution in [2.24, 2.45) is 0 Å². The molecule has 0 amide bonds. The van der Waals surface area contributed by atoms with Gasteiger partial charge in [0.05, 0.1) is 0 Å². The Labute approximate surface area is 111 Å². The van der Waals surface area contributed by atoms with Crippen molar-refractivity contribution in [1.82, 2.24) is 20.6 Å². The van der Waals surface area contributed by atoms with Crippen LogP contribution < -0.4 is 0 Å². The SMILES string of the molecule is CCc1ccc(-c2cccc(-c3nnn[nH]3)c2)cc1. The molecule has 0 saturated heterocycles. The number of nitrogens with zero attached hydrogens (tertiary/aromatic N) is 3. The average molecular weight is 250 g/mol. The zero-order chi connectivity index (χ0) is 13.1. The van der Waals surface area contributed by atoms with E-state index >= 15 is 0 Å². The Morgan fingerprint density at radius 3 is 2.42 bits per heavy atom. The fraction of sp³-hybridized carbons (Fsp3) is 0.133. The summed E-state index contributed by atoms with van der Waals surface area (Å²) in [7, 11) is 0. The normalized spacial score (nSPS) is 10.6. The zero-order valence-electron chi connectivity index (χ0n) is 10.7. The van der Waals surface area contributed by atoms with Gasteiger partial charge in [0, 0.05) is 5.56 Å². The average Bonchev–Trinajstić information content (AvgIpc) is 3.02. The molecule has 0 bridgehead atoms. The Morgan fingerprint density at radius 1 is 0.947 bits per heavy atom. The van der Waals surface area contributed by atoms with Crippen LogP contribution in [0.2, 0.25) is 0 Å². The molecule has 0 unspecified atom stereocenters. The smallest absolute Gasteiger partial charge is 0.179 e. The quantitative estimate of drug-likeness (QED) is 0.777. The summed E-state index contributed by atoms with van der Waals surface area (Å²) in [6.07, 6.45) is 1.06. The lowest BCUT2D eigenvalue weighted by Crippen LogP contribution is -1.84. The van der Waals surface area contributed by atoms with Crippen molar-refractivity contribution < 1.29 is 0 Å². The molecule has 0 aliphatic carbocycles. The van der Waals surface area contributed by atoms with Gasteiger partial charge in [-0.1, -0.05) is 49.4 Å². The van der Waals surface area contributed by atoms with E-state index in [1.54, 1.807) is 0 Å². The van der Waals surface area contributed by atoms with Crippen LogP contribution in [0.15, 0.2) is 48.5 Å². The number of H-pyrrole nitrogens is 1. The van der Waals surface area contributed by atoms with Gasteiger partial charge >= 0.3 is 0 Å². The first-order valence-corrected chi connectivity index (χ1v) is 6.30. The van der Waals surface area contributed by atoms with Crippen LogP contribution in [-0.4, -0.2) is 20.6 Å². The standard InChI is InChI=1S/C15H14N4/c1-2-11-6-8-12(9-7-11)13-4-3-5-14(10-13)15-16-18-19-17-15/h3-10H,2H2,1H3,(H,16,17,18,19). The highest BCUT2D eigenvalue weighted by molar-refractivity contribution is 5.70. The lowest BCUT2D eigenvalue weighted by atomic mass is 10.0. The van der Waals surface area contributed by atoms with Crippen molar-refractivity contribution in [3.8, 4) is 22.5 Å². The molecule has 2 aromatic carbocycles. The van der Waals surface area contributed by atoms with Gasteiger partial charge in [-0.05, 0) is 39.6 Å². The lowest BCUT2D eigenvalue weighted by molar-refractivity contribution is 0.881. The molecule has 0 fully saturated rings. The summed E-state index contributed by atoms with van der Waals surface area (Å²) in [6.45, 7) is 2.16. The molecule has 19 heavy (non-hydrogen) atoms. The number of hydrogen-bond acceptors (Lipinski definition) is 3. The molecule has 3 aromatic rings. The van der Waals surface area contributed by atoms with E-state index in [-0.39, 0.29) is 0 Å². The van der Waals surface area contributed by atoms with Gasteiger partial charge in [-0.25, -0.2) is 5.10 Å². The van der Waals surface area contributed by atoms with Crippen molar-refractivity contribution in [2.45, 2.75) is 13.3 Å². The molecule has 0 aliphatic rings. The van der Waals surface area contributed by atoms with E-state index in [0.29, 0.717) is 5.82 Å². The minimum Gasteiger partial charge on any atom is -0.239 e. The Balaban J connectivity index is 1.98. The third-order valence-corrected chi connectivity index (χ3v) is 3.18. The van der Waals surface area contributed by atoms with Crippen LogP contribution >= 0.6 is 0 Å². The maximum absolute atomic E-state index is 3.93. The second-order valence-electron chi connectivity index (χ2n) is 4.38. The minimum absolute atomic E-state index is 0.687. The molecule has 1 heterocycles. The van der Waals surface area contributed by atoms with Gasteiger partial charge in [0.15, 0.2) is 5.82 Å². The molecule has 3 rings (SSSR count). The van der Waals surface area contributed by atoms with E-state index in [9.17, 15) is 0 Å². The van der Waals surface area contributed by atoms with Gasteiger partial charge in [0.25, 0.3) is 0 Å². The largest absolute Gasteiger partial charge is 0.239 e. The van der Waals surface area contributed by atoms with Crippen LogP contribution in [0.5, 0.6) is 0 Å². The Hall–Kier alpha value is -2.49. The van der Waals surface area contributed by atoms with Gasteiger partial charge in [-0.15, -0.1) is 5.10 Å². The third kappa shape index (κ3) is 2.38. The van der Waals surface area contributed by atoms with Gasteiger partial charge in [-0.3, -0.25) is 0 Å². The highest BCUT2D eigenvalue weighted by Crippen LogP contribution is 2.24. The predicted molar refractivity (Wildman–Crippen MR) is 74.4 cm³/mol. The second kappa shape index (κ2) is 5.02.